The first-order valence-corrected chi connectivity index (χ1v) is 10.9. The topological polar surface area (TPSA) is 52.6 Å². The molecule has 5 rings (SSSR count). The molecule has 0 aromatic rings. The maximum Gasteiger partial charge on any atom is 0.180 e. The van der Waals surface area contributed by atoms with Crippen LogP contribution in [0.2, 0.25) is 0 Å². The zero-order chi connectivity index (χ0) is 19.9. The van der Waals surface area contributed by atoms with Crippen LogP contribution < -0.4 is 0 Å². The third kappa shape index (κ3) is 2.25. The van der Waals surface area contributed by atoms with Crippen molar-refractivity contribution in [2.75, 3.05) is 13.2 Å². The minimum absolute atomic E-state index is 0.00259. The summed E-state index contributed by atoms with van der Waals surface area (Å²) in [6.45, 7) is 9.95. The Bertz CT molecular complexity index is 795. The quantitative estimate of drug-likeness (QED) is 0.627. The summed E-state index contributed by atoms with van der Waals surface area (Å²) in [7, 11) is 0. The van der Waals surface area contributed by atoms with Gasteiger partial charge in [-0.05, 0) is 56.1 Å². The minimum atomic E-state index is -0.745. The number of allylic oxidation sites excluding steroid dienone is 4. The van der Waals surface area contributed by atoms with Crippen molar-refractivity contribution in [1.82, 2.24) is 0 Å². The van der Waals surface area contributed by atoms with Crippen molar-refractivity contribution < 1.29 is 19.1 Å². The van der Waals surface area contributed by atoms with E-state index in [4.69, 9.17) is 9.47 Å². The van der Waals surface area contributed by atoms with E-state index in [1.165, 1.54) is 5.57 Å². The van der Waals surface area contributed by atoms with Crippen molar-refractivity contribution in [2.24, 2.45) is 34.0 Å². The summed E-state index contributed by atoms with van der Waals surface area (Å²) < 4.78 is 12.8. The van der Waals surface area contributed by atoms with Gasteiger partial charge in [-0.2, -0.15) is 0 Å². The number of carbonyl (C=O) groups is 2. The van der Waals surface area contributed by atoms with Crippen LogP contribution in [0.3, 0.4) is 0 Å². The molecule has 1 aliphatic heterocycles. The molecule has 4 heteroatoms. The lowest BCUT2D eigenvalue weighted by atomic mass is 9.47. The van der Waals surface area contributed by atoms with Gasteiger partial charge in [0, 0.05) is 23.7 Å². The standard InChI is InChI=1S/C24H32O4/c1-21(2)13-27-24(28-14-21)10-8-18-17-6-5-15-11-16(25)7-9-22(15,3)19(17)12-20(26)23(18,24)4/h7,9,11,17-19H,5-6,8,10,12-14H2,1-4H3/t17-,18-,19-,22-,23+/m0/s1. The van der Waals surface area contributed by atoms with Gasteiger partial charge in [-0.15, -0.1) is 0 Å². The average Bonchev–Trinajstić information content (AvgIpc) is 2.94. The summed E-state index contributed by atoms with van der Waals surface area (Å²) >= 11 is 0. The lowest BCUT2D eigenvalue weighted by Crippen LogP contribution is -2.63. The second-order valence-corrected chi connectivity index (χ2v) is 11.0. The molecule has 4 fully saturated rings. The van der Waals surface area contributed by atoms with Crippen molar-refractivity contribution >= 4 is 11.6 Å². The maximum absolute atomic E-state index is 13.7. The van der Waals surface area contributed by atoms with Gasteiger partial charge in [0.25, 0.3) is 0 Å². The number of ether oxygens (including phenoxy) is 2. The van der Waals surface area contributed by atoms with E-state index in [1.54, 1.807) is 6.08 Å². The van der Waals surface area contributed by atoms with E-state index >= 15 is 0 Å². The van der Waals surface area contributed by atoms with Gasteiger partial charge in [0.15, 0.2) is 11.6 Å². The Balaban J connectivity index is 1.50. The lowest BCUT2D eigenvalue weighted by Gasteiger charge is -2.58. The van der Waals surface area contributed by atoms with Crippen LogP contribution in [-0.2, 0) is 19.1 Å². The highest BCUT2D eigenvalue weighted by Crippen LogP contribution is 2.67. The molecule has 0 radical (unpaired) electrons. The average molecular weight is 385 g/mol. The summed E-state index contributed by atoms with van der Waals surface area (Å²) in [5, 5.41) is 0. The molecular weight excluding hydrogens is 352 g/mol. The molecule has 0 aromatic carbocycles. The van der Waals surface area contributed by atoms with Crippen LogP contribution in [0.25, 0.3) is 0 Å². The number of fused-ring (bicyclic) bond motifs is 6. The Morgan fingerprint density at radius 3 is 2.43 bits per heavy atom. The normalized spacial score (nSPS) is 46.0. The number of carbonyl (C=O) groups excluding carboxylic acids is 2. The molecule has 28 heavy (non-hydrogen) atoms. The zero-order valence-electron chi connectivity index (χ0n) is 17.5. The Kier molecular flexibility index (Phi) is 3.79. The molecule has 0 bridgehead atoms. The molecule has 0 aromatic heterocycles. The third-order valence-corrected chi connectivity index (χ3v) is 8.85. The fourth-order valence-corrected chi connectivity index (χ4v) is 7.05. The van der Waals surface area contributed by atoms with E-state index in [2.05, 4.69) is 33.8 Å². The van der Waals surface area contributed by atoms with Crippen molar-refractivity contribution in [3.8, 4) is 0 Å². The monoisotopic (exact) mass is 384 g/mol. The van der Waals surface area contributed by atoms with Gasteiger partial charge in [-0.25, -0.2) is 0 Å². The van der Waals surface area contributed by atoms with Gasteiger partial charge >= 0.3 is 0 Å². The molecule has 152 valence electrons. The van der Waals surface area contributed by atoms with E-state index in [0.29, 0.717) is 37.3 Å². The van der Waals surface area contributed by atoms with Crippen molar-refractivity contribution in [3.63, 3.8) is 0 Å². The first-order chi connectivity index (χ1) is 13.1. The lowest BCUT2D eigenvalue weighted by molar-refractivity contribution is -0.335. The smallest absolute Gasteiger partial charge is 0.180 e. The maximum atomic E-state index is 13.7. The van der Waals surface area contributed by atoms with Crippen LogP contribution in [-0.4, -0.2) is 30.6 Å². The van der Waals surface area contributed by atoms with Crippen LogP contribution in [0, 0.1) is 34.0 Å². The molecule has 5 aliphatic rings. The van der Waals surface area contributed by atoms with Crippen LogP contribution in [0.4, 0.5) is 0 Å². The third-order valence-electron chi connectivity index (χ3n) is 8.85. The predicted octanol–water partition coefficient (Wildman–Crippen LogP) is 4.24. The van der Waals surface area contributed by atoms with E-state index in [-0.39, 0.29) is 22.5 Å². The zero-order valence-corrected chi connectivity index (χ0v) is 17.5. The van der Waals surface area contributed by atoms with Crippen LogP contribution >= 0.6 is 0 Å². The molecule has 4 nitrogen and oxygen atoms in total. The fraction of sp³-hybridized carbons (Fsp3) is 0.750. The van der Waals surface area contributed by atoms with Crippen molar-refractivity contribution in [2.45, 2.75) is 65.6 Å². The summed E-state index contributed by atoms with van der Waals surface area (Å²) in [5.41, 5.74) is 0.491. The van der Waals surface area contributed by atoms with Gasteiger partial charge < -0.3 is 9.47 Å². The molecule has 0 N–H and O–H groups in total. The Hall–Kier alpha value is -1.26. The van der Waals surface area contributed by atoms with Gasteiger partial charge in [0.2, 0.25) is 0 Å². The second kappa shape index (κ2) is 5.66. The van der Waals surface area contributed by atoms with E-state index in [0.717, 1.165) is 25.7 Å². The highest BCUT2D eigenvalue weighted by Gasteiger charge is 2.70. The first-order valence-electron chi connectivity index (χ1n) is 10.9. The summed E-state index contributed by atoms with van der Waals surface area (Å²) in [6, 6.07) is 0. The molecule has 1 spiro atoms. The Morgan fingerprint density at radius 1 is 1.00 bits per heavy atom. The largest absolute Gasteiger partial charge is 0.348 e. The minimum Gasteiger partial charge on any atom is -0.348 e. The van der Waals surface area contributed by atoms with Gasteiger partial charge in [0.05, 0.1) is 18.6 Å². The Morgan fingerprint density at radius 2 is 1.71 bits per heavy atom. The van der Waals surface area contributed by atoms with E-state index in [9.17, 15) is 9.59 Å². The predicted molar refractivity (Wildman–Crippen MR) is 105 cm³/mol. The summed E-state index contributed by atoms with van der Waals surface area (Å²) in [4.78, 5) is 25.6. The van der Waals surface area contributed by atoms with Crippen molar-refractivity contribution in [3.05, 3.63) is 23.8 Å². The SMILES string of the molecule is CC1(C)COC2(CC[C@H]3[C@@H]4CCC5=CC(=O)C=C[C@]5(C)[C@H]4CC(=O)[C@@]32C)OC1. The molecule has 1 heterocycles. The molecule has 3 saturated carbocycles. The number of ketones is 2. The highest BCUT2D eigenvalue weighted by atomic mass is 16.7. The number of Topliss-reactive ketones (excluding diaryl/α,β-unsaturated/α-hetero) is 1. The first kappa shape index (κ1) is 18.7. The number of hydrogen-bond donors (Lipinski definition) is 0. The molecular formula is C24H32O4. The van der Waals surface area contributed by atoms with E-state index in [1.807, 2.05) is 6.08 Å². The summed E-state index contributed by atoms with van der Waals surface area (Å²) in [5.74, 6) is 0.684. The fourth-order valence-electron chi connectivity index (χ4n) is 7.05. The molecule has 1 saturated heterocycles. The molecule has 4 aliphatic carbocycles. The van der Waals surface area contributed by atoms with Crippen LogP contribution in [0.5, 0.6) is 0 Å². The van der Waals surface area contributed by atoms with Gasteiger partial charge in [-0.1, -0.05) is 32.4 Å². The molecule has 5 atom stereocenters. The van der Waals surface area contributed by atoms with Crippen molar-refractivity contribution in [1.29, 1.82) is 0 Å². The highest BCUT2D eigenvalue weighted by molar-refractivity contribution is 6.01. The van der Waals surface area contributed by atoms with Gasteiger partial charge in [-0.3, -0.25) is 9.59 Å². The van der Waals surface area contributed by atoms with Gasteiger partial charge in [0.1, 0.15) is 5.78 Å². The number of hydrogen-bond acceptors (Lipinski definition) is 4. The summed E-state index contributed by atoms with van der Waals surface area (Å²) in [6.07, 6.45) is 9.98. The number of rotatable bonds is 0. The van der Waals surface area contributed by atoms with Crippen LogP contribution in [0.15, 0.2) is 23.8 Å². The Labute approximate surface area is 167 Å². The molecule has 0 unspecified atom stereocenters. The second-order valence-electron chi connectivity index (χ2n) is 11.0. The van der Waals surface area contributed by atoms with E-state index < -0.39 is 11.2 Å². The van der Waals surface area contributed by atoms with Crippen LogP contribution in [0.1, 0.15) is 59.8 Å². The molecule has 0 amide bonds.